The van der Waals surface area contributed by atoms with Crippen molar-refractivity contribution in [3.63, 3.8) is 0 Å². The molecular weight excluding hydrogens is 190 g/mol. The molecule has 0 saturated carbocycles. The van der Waals surface area contributed by atoms with Gasteiger partial charge in [-0.15, -0.1) is 0 Å². The van der Waals surface area contributed by atoms with Gasteiger partial charge in [0.25, 0.3) is 0 Å². The van der Waals surface area contributed by atoms with Gasteiger partial charge in [0.2, 0.25) is 0 Å². The lowest BCUT2D eigenvalue weighted by Crippen LogP contribution is -2.43. The molecule has 1 nitrogen and oxygen atoms in total. The molecule has 1 aromatic heterocycles. The lowest BCUT2D eigenvalue weighted by molar-refractivity contribution is 0.346. The second-order valence-electron chi connectivity index (χ2n) is 4.61. The van der Waals surface area contributed by atoms with Crippen molar-refractivity contribution < 1.29 is 0 Å². The van der Waals surface area contributed by atoms with E-state index in [-0.39, 0.29) is 0 Å². The summed E-state index contributed by atoms with van der Waals surface area (Å²) in [5, 5.41) is 8.15. The quantitative estimate of drug-likeness (QED) is 0.788. The molecule has 1 aliphatic rings. The van der Waals surface area contributed by atoms with E-state index in [4.69, 9.17) is 0 Å². The van der Waals surface area contributed by atoms with Gasteiger partial charge in [-0.1, -0.05) is 12.8 Å². The zero-order valence-electron chi connectivity index (χ0n) is 8.88. The van der Waals surface area contributed by atoms with E-state index in [1.165, 1.54) is 44.2 Å². The molecule has 2 heteroatoms. The first-order valence-electron chi connectivity index (χ1n) is 5.55. The second kappa shape index (κ2) is 4.45. The van der Waals surface area contributed by atoms with E-state index >= 15 is 0 Å². The largest absolute Gasteiger partial charge is 0.311 e. The first kappa shape index (κ1) is 10.2. The standard InChI is InChI=1S/C12H19NS/c1-12(6-3-2-4-7-13-12)9-11-5-8-14-10-11/h5,8,10,13H,2-4,6-7,9H2,1H3. The molecule has 0 aliphatic carbocycles. The highest BCUT2D eigenvalue weighted by Gasteiger charge is 2.25. The Morgan fingerprint density at radius 3 is 3.14 bits per heavy atom. The topological polar surface area (TPSA) is 12.0 Å². The van der Waals surface area contributed by atoms with Gasteiger partial charge >= 0.3 is 0 Å². The number of hydrogen-bond acceptors (Lipinski definition) is 2. The summed E-state index contributed by atoms with van der Waals surface area (Å²) in [6.45, 7) is 3.57. The Labute approximate surface area is 90.5 Å². The predicted molar refractivity (Wildman–Crippen MR) is 62.9 cm³/mol. The van der Waals surface area contributed by atoms with Gasteiger partial charge < -0.3 is 5.32 Å². The first-order valence-corrected chi connectivity index (χ1v) is 6.49. The number of nitrogens with one attached hydrogen (secondary N) is 1. The van der Waals surface area contributed by atoms with Gasteiger partial charge in [0, 0.05) is 5.54 Å². The van der Waals surface area contributed by atoms with Crippen molar-refractivity contribution in [3.05, 3.63) is 22.4 Å². The zero-order chi connectivity index (χ0) is 9.86. The second-order valence-corrected chi connectivity index (χ2v) is 5.39. The Kier molecular flexibility index (Phi) is 3.24. The molecule has 2 rings (SSSR count). The minimum Gasteiger partial charge on any atom is -0.311 e. The van der Waals surface area contributed by atoms with E-state index in [1.807, 2.05) is 0 Å². The maximum atomic E-state index is 3.70. The van der Waals surface area contributed by atoms with Crippen LogP contribution < -0.4 is 5.32 Å². The van der Waals surface area contributed by atoms with Gasteiger partial charge in [-0.2, -0.15) is 11.3 Å². The summed E-state index contributed by atoms with van der Waals surface area (Å²) < 4.78 is 0. The van der Waals surface area contributed by atoms with Crippen LogP contribution in [0.2, 0.25) is 0 Å². The molecule has 0 aromatic carbocycles. The average molecular weight is 209 g/mol. The van der Waals surface area contributed by atoms with Gasteiger partial charge in [-0.05, 0) is 55.1 Å². The molecule has 0 amide bonds. The molecule has 78 valence electrons. The van der Waals surface area contributed by atoms with Crippen LogP contribution in [0.4, 0.5) is 0 Å². The monoisotopic (exact) mass is 209 g/mol. The Morgan fingerprint density at radius 1 is 1.43 bits per heavy atom. The van der Waals surface area contributed by atoms with E-state index in [0.29, 0.717) is 5.54 Å². The smallest absolute Gasteiger partial charge is 0.0193 e. The fourth-order valence-corrected chi connectivity index (χ4v) is 2.96. The Hall–Kier alpha value is -0.340. The van der Waals surface area contributed by atoms with Crippen molar-refractivity contribution >= 4 is 11.3 Å². The van der Waals surface area contributed by atoms with Gasteiger partial charge in [-0.3, -0.25) is 0 Å². The summed E-state index contributed by atoms with van der Waals surface area (Å²) in [6, 6.07) is 2.25. The third-order valence-corrected chi connectivity index (χ3v) is 3.86. The minimum absolute atomic E-state index is 0.345. The van der Waals surface area contributed by atoms with Crippen LogP contribution in [0, 0.1) is 0 Å². The summed E-state index contributed by atoms with van der Waals surface area (Å²) in [5.41, 5.74) is 1.84. The third-order valence-electron chi connectivity index (χ3n) is 3.13. The molecule has 1 fully saturated rings. The molecule has 1 aliphatic heterocycles. The highest BCUT2D eigenvalue weighted by Crippen LogP contribution is 2.23. The van der Waals surface area contributed by atoms with Crippen LogP contribution in [-0.4, -0.2) is 12.1 Å². The maximum absolute atomic E-state index is 3.70. The van der Waals surface area contributed by atoms with Crippen LogP contribution >= 0.6 is 11.3 Å². The van der Waals surface area contributed by atoms with Crippen molar-refractivity contribution in [3.8, 4) is 0 Å². The van der Waals surface area contributed by atoms with E-state index in [0.717, 1.165) is 0 Å². The fraction of sp³-hybridized carbons (Fsp3) is 0.667. The molecule has 1 unspecified atom stereocenters. The highest BCUT2D eigenvalue weighted by molar-refractivity contribution is 7.07. The Bertz CT molecular complexity index is 258. The maximum Gasteiger partial charge on any atom is 0.0193 e. The fourth-order valence-electron chi connectivity index (χ4n) is 2.29. The van der Waals surface area contributed by atoms with Crippen LogP contribution in [0.25, 0.3) is 0 Å². The van der Waals surface area contributed by atoms with Crippen LogP contribution in [0.15, 0.2) is 16.8 Å². The molecule has 1 saturated heterocycles. The third kappa shape index (κ3) is 2.58. The Morgan fingerprint density at radius 2 is 2.36 bits per heavy atom. The summed E-state index contributed by atoms with van der Waals surface area (Å²) in [5.74, 6) is 0. The van der Waals surface area contributed by atoms with Crippen LogP contribution in [0.5, 0.6) is 0 Å². The first-order chi connectivity index (χ1) is 6.79. The number of thiophene rings is 1. The van der Waals surface area contributed by atoms with Gasteiger partial charge in [0.05, 0.1) is 0 Å². The van der Waals surface area contributed by atoms with E-state index in [1.54, 1.807) is 11.3 Å². The van der Waals surface area contributed by atoms with Gasteiger partial charge in [0.15, 0.2) is 0 Å². The zero-order valence-corrected chi connectivity index (χ0v) is 9.70. The molecule has 2 heterocycles. The van der Waals surface area contributed by atoms with E-state index in [2.05, 4.69) is 29.1 Å². The molecule has 14 heavy (non-hydrogen) atoms. The van der Waals surface area contributed by atoms with Crippen molar-refractivity contribution in [1.29, 1.82) is 0 Å². The average Bonchev–Trinajstić information content (AvgIpc) is 2.55. The highest BCUT2D eigenvalue weighted by atomic mass is 32.1. The number of hydrogen-bond donors (Lipinski definition) is 1. The summed E-state index contributed by atoms with van der Waals surface area (Å²) in [7, 11) is 0. The molecule has 0 radical (unpaired) electrons. The van der Waals surface area contributed by atoms with Crippen molar-refractivity contribution in [2.24, 2.45) is 0 Å². The minimum atomic E-state index is 0.345. The summed E-state index contributed by atoms with van der Waals surface area (Å²) >= 11 is 1.80. The van der Waals surface area contributed by atoms with Crippen LogP contribution in [0.1, 0.15) is 38.2 Å². The molecule has 1 atom stereocenters. The molecular formula is C12H19NS. The van der Waals surface area contributed by atoms with Gasteiger partial charge in [-0.25, -0.2) is 0 Å². The molecule has 1 aromatic rings. The molecule has 0 spiro atoms. The Balaban J connectivity index is 1.99. The van der Waals surface area contributed by atoms with Crippen LogP contribution in [0.3, 0.4) is 0 Å². The predicted octanol–water partition coefficient (Wildman–Crippen LogP) is 3.21. The lowest BCUT2D eigenvalue weighted by Gasteiger charge is -2.29. The molecule has 1 N–H and O–H groups in total. The molecule has 0 bridgehead atoms. The van der Waals surface area contributed by atoms with E-state index < -0.39 is 0 Å². The lowest BCUT2D eigenvalue weighted by atomic mass is 9.89. The van der Waals surface area contributed by atoms with Crippen molar-refractivity contribution in [1.82, 2.24) is 5.32 Å². The van der Waals surface area contributed by atoms with Crippen molar-refractivity contribution in [2.75, 3.05) is 6.54 Å². The normalized spacial score (nSPS) is 28.6. The van der Waals surface area contributed by atoms with Gasteiger partial charge in [0.1, 0.15) is 0 Å². The summed E-state index contributed by atoms with van der Waals surface area (Å²) in [4.78, 5) is 0. The SMILES string of the molecule is CC1(Cc2ccsc2)CCCCCN1. The van der Waals surface area contributed by atoms with Crippen LogP contribution in [-0.2, 0) is 6.42 Å². The number of rotatable bonds is 2. The van der Waals surface area contributed by atoms with Crippen molar-refractivity contribution in [2.45, 2.75) is 44.6 Å². The summed E-state index contributed by atoms with van der Waals surface area (Å²) in [6.07, 6.45) is 6.64. The van der Waals surface area contributed by atoms with E-state index in [9.17, 15) is 0 Å².